The summed E-state index contributed by atoms with van der Waals surface area (Å²) >= 11 is 0. The molecule has 1 aromatic rings. The largest absolute Gasteiger partial charge is 0.471 e. The summed E-state index contributed by atoms with van der Waals surface area (Å²) in [6.07, 6.45) is 0. The van der Waals surface area contributed by atoms with Crippen molar-refractivity contribution in [3.05, 3.63) is 23.8 Å². The Bertz CT molecular complexity index is 272. The predicted octanol–water partition coefficient (Wildman–Crippen LogP) is 1.73. The maximum atomic E-state index is 12.5. The van der Waals surface area contributed by atoms with Crippen LogP contribution in [-0.4, -0.2) is 6.73 Å². The Hall–Kier alpha value is -1.32. The Morgan fingerprint density at radius 1 is 1.27 bits per heavy atom. The predicted molar refractivity (Wildman–Crippen MR) is 35.5 cm³/mol. The van der Waals surface area contributed by atoms with Crippen LogP contribution in [0.4, 0.5) is 14.5 Å². The van der Waals surface area contributed by atoms with Crippen molar-refractivity contribution in [2.24, 2.45) is 0 Å². The summed E-state index contributed by atoms with van der Waals surface area (Å²) in [4.78, 5) is 0. The molecule has 0 amide bonds. The van der Waals surface area contributed by atoms with E-state index >= 15 is 0 Å². The molecule has 2 nitrogen and oxygen atoms in total. The summed E-state index contributed by atoms with van der Waals surface area (Å²) in [6.45, 7) is 0.276. The van der Waals surface area contributed by atoms with E-state index in [4.69, 9.17) is 4.74 Å². The van der Waals surface area contributed by atoms with Gasteiger partial charge in [0.2, 0.25) is 0 Å². The van der Waals surface area contributed by atoms with E-state index in [2.05, 4.69) is 5.32 Å². The third kappa shape index (κ3) is 0.906. The average Bonchev–Trinajstić information content (AvgIpc) is 2.36. The Morgan fingerprint density at radius 2 is 2.00 bits per heavy atom. The molecule has 1 aliphatic heterocycles. The van der Waals surface area contributed by atoms with E-state index in [9.17, 15) is 8.78 Å². The highest BCUT2D eigenvalue weighted by atomic mass is 19.2. The third-order valence-electron chi connectivity index (χ3n) is 1.51. The fraction of sp³-hybridized carbons (Fsp3) is 0.143. The summed E-state index contributed by atoms with van der Waals surface area (Å²) < 4.78 is 29.9. The first-order valence-electron chi connectivity index (χ1n) is 3.13. The molecule has 0 saturated carbocycles. The SMILES string of the molecule is Fc1cc2c(cc1F)OCN2. The lowest BCUT2D eigenvalue weighted by Gasteiger charge is -1.96. The topological polar surface area (TPSA) is 21.3 Å². The maximum Gasteiger partial charge on any atom is 0.162 e. The van der Waals surface area contributed by atoms with Gasteiger partial charge in [0, 0.05) is 12.1 Å². The summed E-state index contributed by atoms with van der Waals surface area (Å²) in [5.41, 5.74) is 0.504. The van der Waals surface area contributed by atoms with Gasteiger partial charge in [-0.15, -0.1) is 0 Å². The number of benzene rings is 1. The highest BCUT2D eigenvalue weighted by Gasteiger charge is 2.14. The van der Waals surface area contributed by atoms with Crippen molar-refractivity contribution >= 4 is 5.69 Å². The van der Waals surface area contributed by atoms with Crippen LogP contribution in [0, 0.1) is 11.6 Å². The summed E-state index contributed by atoms with van der Waals surface area (Å²) in [5, 5.41) is 2.74. The lowest BCUT2D eigenvalue weighted by Crippen LogP contribution is -1.96. The molecule has 0 saturated heterocycles. The quantitative estimate of drug-likeness (QED) is 0.619. The zero-order valence-electron chi connectivity index (χ0n) is 5.53. The van der Waals surface area contributed by atoms with Crippen LogP contribution in [0.1, 0.15) is 0 Å². The van der Waals surface area contributed by atoms with Gasteiger partial charge in [-0.05, 0) is 0 Å². The number of hydrogen-bond donors (Lipinski definition) is 1. The molecule has 0 fully saturated rings. The van der Waals surface area contributed by atoms with Crippen LogP contribution in [0.2, 0.25) is 0 Å². The van der Waals surface area contributed by atoms with Crippen LogP contribution in [0.25, 0.3) is 0 Å². The molecule has 0 bridgehead atoms. The molecule has 0 radical (unpaired) electrons. The van der Waals surface area contributed by atoms with Gasteiger partial charge < -0.3 is 10.1 Å². The second-order valence-corrected chi connectivity index (χ2v) is 2.23. The zero-order valence-corrected chi connectivity index (χ0v) is 5.53. The van der Waals surface area contributed by atoms with Gasteiger partial charge in [0.15, 0.2) is 18.4 Å². The Balaban J connectivity index is 2.57. The van der Waals surface area contributed by atoms with Crippen molar-refractivity contribution in [2.75, 3.05) is 12.0 Å². The molecule has 1 aromatic carbocycles. The van der Waals surface area contributed by atoms with Gasteiger partial charge in [-0.1, -0.05) is 0 Å². The van der Waals surface area contributed by atoms with E-state index in [1.54, 1.807) is 0 Å². The van der Waals surface area contributed by atoms with Crippen LogP contribution in [0.5, 0.6) is 5.75 Å². The van der Waals surface area contributed by atoms with E-state index in [0.29, 0.717) is 11.4 Å². The molecule has 0 aliphatic carbocycles. The number of fused-ring (bicyclic) bond motifs is 1. The molecule has 1 aliphatic rings. The van der Waals surface area contributed by atoms with Crippen molar-refractivity contribution in [1.29, 1.82) is 0 Å². The van der Waals surface area contributed by atoms with E-state index in [-0.39, 0.29) is 6.73 Å². The molecule has 11 heavy (non-hydrogen) atoms. The van der Waals surface area contributed by atoms with Gasteiger partial charge in [0.1, 0.15) is 5.75 Å². The van der Waals surface area contributed by atoms with Gasteiger partial charge >= 0.3 is 0 Å². The second kappa shape index (κ2) is 2.08. The van der Waals surface area contributed by atoms with Crippen LogP contribution in [-0.2, 0) is 0 Å². The van der Waals surface area contributed by atoms with Gasteiger partial charge in [0.25, 0.3) is 0 Å². The van der Waals surface area contributed by atoms with Crippen LogP contribution < -0.4 is 10.1 Å². The molecule has 4 heteroatoms. The van der Waals surface area contributed by atoms with Gasteiger partial charge in [-0.2, -0.15) is 0 Å². The minimum Gasteiger partial charge on any atom is -0.471 e. The number of anilines is 1. The molecule has 0 atom stereocenters. The molecule has 0 spiro atoms. The first kappa shape index (κ1) is 6.39. The molecule has 2 rings (SSSR count). The minimum atomic E-state index is -0.882. The normalized spacial score (nSPS) is 13.6. The van der Waals surface area contributed by atoms with Gasteiger partial charge in [0.05, 0.1) is 5.69 Å². The Kier molecular flexibility index (Phi) is 1.21. The smallest absolute Gasteiger partial charge is 0.162 e. The molecular weight excluding hydrogens is 152 g/mol. The maximum absolute atomic E-state index is 12.5. The second-order valence-electron chi connectivity index (χ2n) is 2.23. The standard InChI is InChI=1S/C7H5F2NO/c8-4-1-6-7(2-5(4)9)11-3-10-6/h1-2,10H,3H2. The molecule has 1 N–H and O–H groups in total. The fourth-order valence-corrected chi connectivity index (χ4v) is 0.978. The number of ether oxygens (including phenoxy) is 1. The van der Waals surface area contributed by atoms with Crippen molar-refractivity contribution < 1.29 is 13.5 Å². The molecule has 0 unspecified atom stereocenters. The fourth-order valence-electron chi connectivity index (χ4n) is 0.978. The number of rotatable bonds is 0. The van der Waals surface area contributed by atoms with Crippen LogP contribution in [0.15, 0.2) is 12.1 Å². The monoisotopic (exact) mass is 157 g/mol. The van der Waals surface area contributed by atoms with Crippen LogP contribution in [0.3, 0.4) is 0 Å². The molecule has 0 aromatic heterocycles. The van der Waals surface area contributed by atoms with Gasteiger partial charge in [-0.25, -0.2) is 8.78 Å². The van der Waals surface area contributed by atoms with E-state index in [0.717, 1.165) is 12.1 Å². The number of hydrogen-bond acceptors (Lipinski definition) is 2. The summed E-state index contributed by atoms with van der Waals surface area (Å²) in [7, 11) is 0. The molecule has 58 valence electrons. The van der Waals surface area contributed by atoms with Gasteiger partial charge in [-0.3, -0.25) is 0 Å². The Labute approximate surface area is 61.8 Å². The third-order valence-corrected chi connectivity index (χ3v) is 1.51. The van der Waals surface area contributed by atoms with Crippen molar-refractivity contribution in [3.8, 4) is 5.75 Å². The molecular formula is C7H5F2NO. The van der Waals surface area contributed by atoms with E-state index in [1.165, 1.54) is 0 Å². The van der Waals surface area contributed by atoms with Crippen molar-refractivity contribution in [1.82, 2.24) is 0 Å². The Morgan fingerprint density at radius 3 is 2.82 bits per heavy atom. The summed E-state index contributed by atoms with van der Waals surface area (Å²) in [6, 6.07) is 2.11. The number of halogens is 2. The van der Waals surface area contributed by atoms with Crippen molar-refractivity contribution in [2.45, 2.75) is 0 Å². The highest BCUT2D eigenvalue weighted by Crippen LogP contribution is 2.30. The molecule has 1 heterocycles. The van der Waals surface area contributed by atoms with Crippen LogP contribution >= 0.6 is 0 Å². The summed E-state index contributed by atoms with van der Waals surface area (Å²) in [5.74, 6) is -1.38. The lowest BCUT2D eigenvalue weighted by molar-refractivity contribution is 0.369. The first-order chi connectivity index (χ1) is 5.27. The van der Waals surface area contributed by atoms with E-state index < -0.39 is 11.6 Å². The minimum absolute atomic E-state index is 0.276. The van der Waals surface area contributed by atoms with Crippen molar-refractivity contribution in [3.63, 3.8) is 0 Å². The average molecular weight is 157 g/mol. The zero-order chi connectivity index (χ0) is 7.84. The first-order valence-corrected chi connectivity index (χ1v) is 3.13. The number of nitrogens with one attached hydrogen (secondary N) is 1. The lowest BCUT2D eigenvalue weighted by atomic mass is 10.3. The van der Waals surface area contributed by atoms with E-state index in [1.807, 2.05) is 0 Å². The highest BCUT2D eigenvalue weighted by molar-refractivity contribution is 5.59.